The number of carbonyl (C=O) groups excluding carboxylic acids is 1. The van der Waals surface area contributed by atoms with Gasteiger partial charge in [0.15, 0.2) is 0 Å². The lowest BCUT2D eigenvalue weighted by molar-refractivity contribution is 0.563. The molecule has 1 radical (unpaired) electrons. The van der Waals surface area contributed by atoms with Gasteiger partial charge in [0.1, 0.15) is 4.88 Å². The van der Waals surface area contributed by atoms with Gasteiger partial charge in [0.05, 0.1) is 5.69 Å². The zero-order valence-electron chi connectivity index (χ0n) is 4.05. The van der Waals surface area contributed by atoms with Crippen LogP contribution < -0.4 is 5.73 Å². The topological polar surface area (TPSA) is 43.1 Å². The largest absolute Gasteiger partial charge is 0.397 e. The molecule has 0 atom stereocenters. The minimum atomic E-state index is 0.491. The van der Waals surface area contributed by atoms with Crippen LogP contribution in [0.5, 0.6) is 0 Å². The third kappa shape index (κ3) is 0.721. The van der Waals surface area contributed by atoms with E-state index in [1.807, 2.05) is 0 Å². The number of thiophene rings is 1. The molecule has 0 aromatic carbocycles. The first-order valence-electron chi connectivity index (χ1n) is 2.05. The molecule has 0 saturated heterocycles. The standard InChI is InChI=1S/C5H4NOS/c6-4-1-2-8-5(4)3-7/h1-2H,6H2. The Balaban J connectivity index is 3.09. The second-order valence-corrected chi connectivity index (χ2v) is 2.22. The van der Waals surface area contributed by atoms with Gasteiger partial charge >= 0.3 is 0 Å². The van der Waals surface area contributed by atoms with Gasteiger partial charge < -0.3 is 5.73 Å². The molecular formula is C5H4NOS. The molecule has 8 heavy (non-hydrogen) atoms. The van der Waals surface area contributed by atoms with Crippen LogP contribution in [-0.2, 0) is 4.79 Å². The van der Waals surface area contributed by atoms with Crippen molar-refractivity contribution in [2.24, 2.45) is 0 Å². The Hall–Kier alpha value is -0.830. The van der Waals surface area contributed by atoms with E-state index in [-0.39, 0.29) is 0 Å². The summed E-state index contributed by atoms with van der Waals surface area (Å²) in [7, 11) is 0. The Kier molecular flexibility index (Phi) is 1.30. The maximum absolute atomic E-state index is 9.89. The monoisotopic (exact) mass is 126 g/mol. The molecule has 0 bridgehead atoms. The van der Waals surface area contributed by atoms with Gasteiger partial charge in [-0.3, -0.25) is 4.79 Å². The average molecular weight is 126 g/mol. The SMILES string of the molecule is Nc1ccsc1[C]=O. The molecule has 0 aliphatic rings. The zero-order chi connectivity index (χ0) is 5.98. The van der Waals surface area contributed by atoms with E-state index in [9.17, 15) is 4.79 Å². The molecule has 1 rings (SSSR count). The van der Waals surface area contributed by atoms with E-state index in [0.29, 0.717) is 10.6 Å². The second kappa shape index (κ2) is 1.96. The number of hydrogen-bond acceptors (Lipinski definition) is 3. The number of rotatable bonds is 1. The summed E-state index contributed by atoms with van der Waals surface area (Å²) in [6.07, 6.45) is 1.72. The first-order valence-corrected chi connectivity index (χ1v) is 2.93. The second-order valence-electron chi connectivity index (χ2n) is 1.31. The molecule has 0 unspecified atom stereocenters. The summed E-state index contributed by atoms with van der Waals surface area (Å²) in [6.45, 7) is 0. The van der Waals surface area contributed by atoms with E-state index < -0.39 is 0 Å². The van der Waals surface area contributed by atoms with E-state index in [1.54, 1.807) is 17.7 Å². The lowest BCUT2D eigenvalue weighted by Crippen LogP contribution is -1.84. The maximum Gasteiger partial charge on any atom is 0.246 e. The lowest BCUT2D eigenvalue weighted by atomic mass is 10.4. The van der Waals surface area contributed by atoms with Crippen LogP contribution in [0.3, 0.4) is 0 Å². The Morgan fingerprint density at radius 2 is 2.50 bits per heavy atom. The summed E-state index contributed by atoms with van der Waals surface area (Å²) >= 11 is 1.30. The molecule has 41 valence electrons. The fraction of sp³-hybridized carbons (Fsp3) is 0. The van der Waals surface area contributed by atoms with E-state index >= 15 is 0 Å². The minimum absolute atomic E-state index is 0.491. The number of nitrogen functional groups attached to an aromatic ring is 1. The highest BCUT2D eigenvalue weighted by molar-refractivity contribution is 7.12. The number of hydrogen-bond donors (Lipinski definition) is 1. The van der Waals surface area contributed by atoms with Gasteiger partial charge in [-0.15, -0.1) is 11.3 Å². The molecule has 0 aliphatic carbocycles. The molecule has 0 saturated carbocycles. The van der Waals surface area contributed by atoms with Crippen LogP contribution >= 0.6 is 11.3 Å². The van der Waals surface area contributed by atoms with Crippen molar-refractivity contribution < 1.29 is 4.79 Å². The van der Waals surface area contributed by atoms with Crippen LogP contribution in [0, 0.1) is 0 Å². The Morgan fingerprint density at radius 1 is 1.75 bits per heavy atom. The molecule has 3 heteroatoms. The van der Waals surface area contributed by atoms with Crippen molar-refractivity contribution in [2.45, 2.75) is 0 Å². The summed E-state index contributed by atoms with van der Waals surface area (Å²) < 4.78 is 0. The van der Waals surface area contributed by atoms with Crippen LogP contribution in [0.4, 0.5) is 5.69 Å². The van der Waals surface area contributed by atoms with Crippen LogP contribution in [0.15, 0.2) is 11.4 Å². The first kappa shape index (κ1) is 5.31. The average Bonchev–Trinajstić information content (AvgIpc) is 2.14. The normalized spacial score (nSPS) is 9.00. The van der Waals surface area contributed by atoms with Crippen LogP contribution in [0.2, 0.25) is 0 Å². The lowest BCUT2D eigenvalue weighted by Gasteiger charge is -1.79. The van der Waals surface area contributed by atoms with E-state index in [2.05, 4.69) is 0 Å². The van der Waals surface area contributed by atoms with Crippen molar-refractivity contribution in [1.82, 2.24) is 0 Å². The Labute approximate surface area is 50.9 Å². The molecule has 1 aromatic heterocycles. The smallest absolute Gasteiger partial charge is 0.246 e. The van der Waals surface area contributed by atoms with Crippen LogP contribution in [-0.4, -0.2) is 6.29 Å². The summed E-state index contributed by atoms with van der Waals surface area (Å²) in [5, 5.41) is 1.76. The highest BCUT2D eigenvalue weighted by Gasteiger charge is 1.95. The van der Waals surface area contributed by atoms with Gasteiger partial charge in [0.2, 0.25) is 6.29 Å². The maximum atomic E-state index is 9.89. The van der Waals surface area contributed by atoms with Gasteiger partial charge in [-0.1, -0.05) is 0 Å². The van der Waals surface area contributed by atoms with E-state index in [0.717, 1.165) is 0 Å². The fourth-order valence-corrected chi connectivity index (χ4v) is 1.01. The minimum Gasteiger partial charge on any atom is -0.397 e. The summed E-state index contributed by atoms with van der Waals surface area (Å²) in [5.74, 6) is 0. The number of anilines is 1. The third-order valence-electron chi connectivity index (χ3n) is 0.788. The molecule has 1 aromatic rings. The first-order chi connectivity index (χ1) is 3.84. The van der Waals surface area contributed by atoms with E-state index in [1.165, 1.54) is 11.3 Å². The Bertz CT molecular complexity index is 194. The zero-order valence-corrected chi connectivity index (χ0v) is 4.87. The van der Waals surface area contributed by atoms with Crippen molar-refractivity contribution >= 4 is 23.3 Å². The van der Waals surface area contributed by atoms with Crippen molar-refractivity contribution in [3.05, 3.63) is 16.3 Å². The summed E-state index contributed by atoms with van der Waals surface area (Å²) in [4.78, 5) is 10.4. The van der Waals surface area contributed by atoms with Crippen LogP contribution in [0.1, 0.15) is 4.88 Å². The molecule has 0 amide bonds. The molecule has 0 aliphatic heterocycles. The van der Waals surface area contributed by atoms with Crippen molar-refractivity contribution in [3.63, 3.8) is 0 Å². The van der Waals surface area contributed by atoms with Gasteiger partial charge in [-0.05, 0) is 11.4 Å². The Morgan fingerprint density at radius 3 is 2.75 bits per heavy atom. The highest BCUT2D eigenvalue weighted by atomic mass is 32.1. The summed E-state index contributed by atoms with van der Waals surface area (Å²) in [5.41, 5.74) is 5.82. The molecule has 2 N–H and O–H groups in total. The molecule has 0 spiro atoms. The quantitative estimate of drug-likeness (QED) is 0.604. The molecule has 0 fully saturated rings. The predicted octanol–water partition coefficient (Wildman–Crippen LogP) is 0.788. The van der Waals surface area contributed by atoms with E-state index in [4.69, 9.17) is 5.73 Å². The molecule has 1 heterocycles. The predicted molar refractivity (Wildman–Crippen MR) is 33.5 cm³/mol. The molecular weight excluding hydrogens is 122 g/mol. The fourth-order valence-electron chi connectivity index (χ4n) is 0.402. The van der Waals surface area contributed by atoms with Crippen LogP contribution in [0.25, 0.3) is 0 Å². The molecule has 2 nitrogen and oxygen atoms in total. The van der Waals surface area contributed by atoms with Crippen molar-refractivity contribution in [1.29, 1.82) is 0 Å². The van der Waals surface area contributed by atoms with Gasteiger partial charge in [-0.2, -0.15) is 0 Å². The third-order valence-corrected chi connectivity index (χ3v) is 1.62. The van der Waals surface area contributed by atoms with Gasteiger partial charge in [0.25, 0.3) is 0 Å². The van der Waals surface area contributed by atoms with Gasteiger partial charge in [-0.25, -0.2) is 0 Å². The highest BCUT2D eigenvalue weighted by Crippen LogP contribution is 2.14. The van der Waals surface area contributed by atoms with Gasteiger partial charge in [0, 0.05) is 0 Å². The summed E-state index contributed by atoms with van der Waals surface area (Å²) in [6, 6.07) is 1.69. The number of nitrogens with two attached hydrogens (primary N) is 1. The van der Waals surface area contributed by atoms with Crippen molar-refractivity contribution in [3.8, 4) is 0 Å². The van der Waals surface area contributed by atoms with Crippen molar-refractivity contribution in [2.75, 3.05) is 5.73 Å².